The Morgan fingerprint density at radius 2 is 2.29 bits per heavy atom. The molecule has 0 saturated carbocycles. The molecule has 3 rings (SSSR count). The van der Waals surface area contributed by atoms with Gasteiger partial charge >= 0.3 is 0 Å². The molecule has 110 valence electrons. The van der Waals surface area contributed by atoms with Crippen molar-refractivity contribution in [3.63, 3.8) is 0 Å². The van der Waals surface area contributed by atoms with E-state index in [4.69, 9.17) is 23.1 Å². The molecule has 2 heterocycles. The second-order valence-corrected chi connectivity index (χ2v) is 6.33. The van der Waals surface area contributed by atoms with E-state index in [0.29, 0.717) is 0 Å². The molecule has 0 bridgehead atoms. The monoisotopic (exact) mass is 322 g/mol. The summed E-state index contributed by atoms with van der Waals surface area (Å²) in [5.41, 5.74) is 14.6. The van der Waals surface area contributed by atoms with Crippen LogP contribution in [-0.4, -0.2) is 21.9 Å². The summed E-state index contributed by atoms with van der Waals surface area (Å²) in [6.45, 7) is 1.97. The minimum absolute atomic E-state index is 0.0542. The summed E-state index contributed by atoms with van der Waals surface area (Å²) >= 11 is 7.91. The van der Waals surface area contributed by atoms with Crippen LogP contribution in [0.15, 0.2) is 21.6 Å². The van der Waals surface area contributed by atoms with Gasteiger partial charge in [0.05, 0.1) is 16.4 Å². The number of nitrogens with zero attached hydrogens (tertiary/aromatic N) is 3. The molecule has 5 N–H and O–H groups in total. The summed E-state index contributed by atoms with van der Waals surface area (Å²) in [6.07, 6.45) is 1.57. The Morgan fingerprint density at radius 3 is 2.95 bits per heavy atom. The predicted octanol–water partition coefficient (Wildman–Crippen LogP) is 2.14. The molecule has 2 aromatic rings. The highest BCUT2D eigenvalue weighted by Crippen LogP contribution is 2.39. The average Bonchev–Trinajstić information content (AvgIpc) is 3.02. The molecule has 1 aliphatic rings. The lowest BCUT2D eigenvalue weighted by atomic mass is 9.84. The van der Waals surface area contributed by atoms with Gasteiger partial charge in [-0.15, -0.1) is 16.4 Å². The fourth-order valence-electron chi connectivity index (χ4n) is 2.64. The first-order valence-electron chi connectivity index (χ1n) is 6.48. The van der Waals surface area contributed by atoms with Gasteiger partial charge in [-0.25, -0.2) is 0 Å². The highest BCUT2D eigenvalue weighted by atomic mass is 35.5. The number of aryl methyl sites for hydroxylation is 1. The van der Waals surface area contributed by atoms with Crippen molar-refractivity contribution in [3.8, 4) is 0 Å². The molecule has 0 amide bonds. The lowest BCUT2D eigenvalue weighted by Gasteiger charge is -2.22. The van der Waals surface area contributed by atoms with E-state index in [-0.39, 0.29) is 11.9 Å². The molecule has 2 aromatic heterocycles. The lowest BCUT2D eigenvalue weighted by molar-refractivity contribution is 0.691. The molecule has 6 nitrogen and oxygen atoms in total. The zero-order valence-corrected chi connectivity index (χ0v) is 13.0. The third kappa shape index (κ3) is 2.66. The van der Waals surface area contributed by atoms with Gasteiger partial charge in [-0.2, -0.15) is 10.2 Å². The van der Waals surface area contributed by atoms with Gasteiger partial charge in [0.25, 0.3) is 0 Å². The van der Waals surface area contributed by atoms with Gasteiger partial charge < -0.3 is 11.5 Å². The first kappa shape index (κ1) is 14.1. The van der Waals surface area contributed by atoms with Gasteiger partial charge in [-0.3, -0.25) is 5.10 Å². The third-order valence-electron chi connectivity index (χ3n) is 3.49. The quantitative estimate of drug-likeness (QED) is 0.448. The SMILES string of the molecule is Cc1[nH]nc2c1/C(=N\N=C(N)N)CC(c1sccc1Cl)C2. The first-order valence-corrected chi connectivity index (χ1v) is 7.74. The number of hydrogen-bond acceptors (Lipinski definition) is 4. The Morgan fingerprint density at radius 1 is 1.48 bits per heavy atom. The molecule has 21 heavy (non-hydrogen) atoms. The molecule has 0 radical (unpaired) electrons. The average molecular weight is 323 g/mol. The van der Waals surface area contributed by atoms with E-state index in [1.807, 2.05) is 18.4 Å². The number of aromatic nitrogens is 2. The standard InChI is InChI=1S/C13H15ClN6S/c1-6-11-9(18-17-6)4-7(12-8(14)2-3-21-12)5-10(11)19-20-13(15)16/h2-3,7H,4-5H2,1H3,(H,17,18)(H4,15,16,20)/b19-10-. The van der Waals surface area contributed by atoms with Crippen molar-refractivity contribution in [2.24, 2.45) is 21.7 Å². The summed E-state index contributed by atoms with van der Waals surface area (Å²) in [5.74, 6) is 0.196. The molecule has 0 saturated heterocycles. The molecular weight excluding hydrogens is 308 g/mol. The van der Waals surface area contributed by atoms with E-state index in [1.165, 1.54) is 0 Å². The zero-order valence-electron chi connectivity index (χ0n) is 11.4. The van der Waals surface area contributed by atoms with Crippen LogP contribution in [0.3, 0.4) is 0 Å². The number of hydrogen-bond donors (Lipinski definition) is 3. The summed E-state index contributed by atoms with van der Waals surface area (Å²) in [4.78, 5) is 1.15. The second-order valence-electron chi connectivity index (χ2n) is 4.98. The van der Waals surface area contributed by atoms with Crippen LogP contribution in [0.1, 0.15) is 34.2 Å². The number of H-pyrrole nitrogens is 1. The summed E-state index contributed by atoms with van der Waals surface area (Å²) in [6, 6.07) is 1.92. The Bertz CT molecular complexity index is 725. The molecule has 0 aromatic carbocycles. The van der Waals surface area contributed by atoms with E-state index in [2.05, 4.69) is 20.4 Å². The number of aromatic amines is 1. The Kier molecular flexibility index (Phi) is 3.69. The van der Waals surface area contributed by atoms with Crippen molar-refractivity contribution in [1.29, 1.82) is 0 Å². The van der Waals surface area contributed by atoms with Crippen molar-refractivity contribution in [3.05, 3.63) is 38.3 Å². The Balaban J connectivity index is 2.03. The minimum Gasteiger partial charge on any atom is -0.369 e. The van der Waals surface area contributed by atoms with Crippen molar-refractivity contribution in [1.82, 2.24) is 10.2 Å². The number of guanidine groups is 1. The number of rotatable bonds is 2. The maximum atomic E-state index is 6.26. The number of nitrogens with one attached hydrogen (secondary N) is 1. The maximum absolute atomic E-state index is 6.26. The summed E-state index contributed by atoms with van der Waals surface area (Å²) in [7, 11) is 0. The van der Waals surface area contributed by atoms with E-state index >= 15 is 0 Å². The van der Waals surface area contributed by atoms with Crippen LogP contribution in [0.5, 0.6) is 0 Å². The molecule has 8 heteroatoms. The highest BCUT2D eigenvalue weighted by Gasteiger charge is 2.30. The smallest absolute Gasteiger partial charge is 0.211 e. The normalized spacial score (nSPS) is 19.5. The number of thiophene rings is 1. The van der Waals surface area contributed by atoms with E-state index in [9.17, 15) is 0 Å². The maximum Gasteiger partial charge on any atom is 0.211 e. The van der Waals surface area contributed by atoms with E-state index in [0.717, 1.165) is 45.4 Å². The predicted molar refractivity (Wildman–Crippen MR) is 86.1 cm³/mol. The van der Waals surface area contributed by atoms with Crippen LogP contribution in [0.2, 0.25) is 5.02 Å². The van der Waals surface area contributed by atoms with Crippen molar-refractivity contribution < 1.29 is 0 Å². The topological polar surface area (TPSA) is 105 Å². The summed E-state index contributed by atoms with van der Waals surface area (Å²) in [5, 5.41) is 18.2. The van der Waals surface area contributed by atoms with Gasteiger partial charge in [-0.1, -0.05) is 11.6 Å². The molecule has 0 fully saturated rings. The highest BCUT2D eigenvalue weighted by molar-refractivity contribution is 7.10. The van der Waals surface area contributed by atoms with Crippen molar-refractivity contribution in [2.75, 3.05) is 0 Å². The fraction of sp³-hybridized carbons (Fsp3) is 0.308. The van der Waals surface area contributed by atoms with Gasteiger partial charge in [0, 0.05) is 34.9 Å². The van der Waals surface area contributed by atoms with Crippen LogP contribution in [-0.2, 0) is 6.42 Å². The minimum atomic E-state index is -0.0542. The molecule has 1 atom stereocenters. The second kappa shape index (κ2) is 5.50. The van der Waals surface area contributed by atoms with Gasteiger partial charge in [0.2, 0.25) is 5.96 Å². The van der Waals surface area contributed by atoms with Crippen LogP contribution < -0.4 is 11.5 Å². The zero-order chi connectivity index (χ0) is 15.0. The number of nitrogens with two attached hydrogens (primary N) is 2. The van der Waals surface area contributed by atoms with E-state index < -0.39 is 0 Å². The van der Waals surface area contributed by atoms with Crippen LogP contribution in [0.25, 0.3) is 0 Å². The van der Waals surface area contributed by atoms with Crippen LogP contribution in [0.4, 0.5) is 0 Å². The van der Waals surface area contributed by atoms with Crippen molar-refractivity contribution in [2.45, 2.75) is 25.7 Å². The van der Waals surface area contributed by atoms with E-state index in [1.54, 1.807) is 11.3 Å². The number of halogens is 1. The third-order valence-corrected chi connectivity index (χ3v) is 5.01. The Hall–Kier alpha value is -1.86. The van der Waals surface area contributed by atoms with Gasteiger partial charge in [-0.05, 0) is 18.4 Å². The Labute approximate surface area is 130 Å². The molecule has 1 unspecified atom stereocenters. The van der Waals surface area contributed by atoms with Crippen molar-refractivity contribution >= 4 is 34.6 Å². The molecule has 1 aliphatic carbocycles. The number of fused-ring (bicyclic) bond motifs is 1. The molecule has 0 aliphatic heterocycles. The molecule has 0 spiro atoms. The molecular formula is C13H15ClN6S. The summed E-state index contributed by atoms with van der Waals surface area (Å²) < 4.78 is 0. The largest absolute Gasteiger partial charge is 0.369 e. The van der Waals surface area contributed by atoms with Gasteiger partial charge in [0.1, 0.15) is 0 Å². The first-order chi connectivity index (χ1) is 10.1. The lowest BCUT2D eigenvalue weighted by Crippen LogP contribution is -2.23. The van der Waals surface area contributed by atoms with Gasteiger partial charge in [0.15, 0.2) is 0 Å². The fourth-order valence-corrected chi connectivity index (χ4v) is 3.96. The van der Waals surface area contributed by atoms with Crippen LogP contribution in [0, 0.1) is 6.92 Å². The van der Waals surface area contributed by atoms with Crippen LogP contribution >= 0.6 is 22.9 Å².